The van der Waals surface area contributed by atoms with Crippen LogP contribution < -0.4 is 11.1 Å². The Kier molecular flexibility index (Phi) is 3.00. The highest BCUT2D eigenvalue weighted by molar-refractivity contribution is 6.30. The molecule has 0 bridgehead atoms. The lowest BCUT2D eigenvalue weighted by Gasteiger charge is -2.06. The molecule has 0 aliphatic heterocycles. The van der Waals surface area contributed by atoms with Crippen molar-refractivity contribution in [3.05, 3.63) is 47.4 Å². The molecule has 3 rings (SSSR count). The number of carbonyl (C=O) groups excluding carboxylic acids is 1. The van der Waals surface area contributed by atoms with E-state index in [9.17, 15) is 4.79 Å². The van der Waals surface area contributed by atoms with Crippen LogP contribution >= 0.6 is 11.6 Å². The second-order valence-electron chi connectivity index (χ2n) is 4.17. The molecule has 2 heterocycles. The van der Waals surface area contributed by atoms with Crippen molar-refractivity contribution in [1.29, 1.82) is 0 Å². The van der Waals surface area contributed by atoms with Crippen molar-refractivity contribution in [3.63, 3.8) is 0 Å². The molecule has 6 nitrogen and oxygen atoms in total. The van der Waals surface area contributed by atoms with E-state index in [-0.39, 0.29) is 5.69 Å². The Labute approximate surface area is 119 Å². The van der Waals surface area contributed by atoms with Gasteiger partial charge in [0.15, 0.2) is 0 Å². The minimum atomic E-state index is -0.545. The predicted octanol–water partition coefficient (Wildman–Crippen LogP) is 2.45. The number of primary amides is 1. The first-order valence-electron chi connectivity index (χ1n) is 5.79. The fourth-order valence-electron chi connectivity index (χ4n) is 1.88. The molecule has 1 aromatic carbocycles. The van der Waals surface area contributed by atoms with Crippen molar-refractivity contribution in [2.45, 2.75) is 0 Å². The Morgan fingerprint density at radius 3 is 2.90 bits per heavy atom. The zero-order valence-corrected chi connectivity index (χ0v) is 11.0. The molecular weight excluding hydrogens is 278 g/mol. The van der Waals surface area contributed by atoms with Crippen LogP contribution in [0.25, 0.3) is 11.0 Å². The number of anilines is 2. The van der Waals surface area contributed by atoms with E-state index < -0.39 is 5.91 Å². The number of carbonyl (C=O) groups is 1. The van der Waals surface area contributed by atoms with E-state index in [1.165, 1.54) is 6.33 Å². The van der Waals surface area contributed by atoms with E-state index in [1.807, 2.05) is 12.1 Å². The molecule has 4 N–H and O–H groups in total. The lowest BCUT2D eigenvalue weighted by molar-refractivity contribution is 0.0996. The van der Waals surface area contributed by atoms with Crippen molar-refractivity contribution < 1.29 is 4.79 Å². The number of rotatable bonds is 3. The van der Waals surface area contributed by atoms with Gasteiger partial charge in [-0.05, 0) is 24.3 Å². The number of nitrogens with zero attached hydrogens (tertiary/aromatic N) is 2. The molecule has 3 aromatic rings. The first kappa shape index (κ1) is 12.4. The summed E-state index contributed by atoms with van der Waals surface area (Å²) in [6, 6.07) is 8.86. The summed E-state index contributed by atoms with van der Waals surface area (Å²) in [5.41, 5.74) is 6.86. The number of aromatic nitrogens is 3. The molecule has 0 unspecified atom stereocenters. The highest BCUT2D eigenvalue weighted by atomic mass is 35.5. The van der Waals surface area contributed by atoms with Gasteiger partial charge in [0, 0.05) is 10.7 Å². The van der Waals surface area contributed by atoms with E-state index in [0.717, 1.165) is 5.69 Å². The number of aromatic amines is 1. The summed E-state index contributed by atoms with van der Waals surface area (Å²) in [5.74, 6) is 0.0257. The smallest absolute Gasteiger partial charge is 0.265 e. The van der Waals surface area contributed by atoms with E-state index >= 15 is 0 Å². The highest BCUT2D eigenvalue weighted by Gasteiger charge is 2.11. The second-order valence-corrected chi connectivity index (χ2v) is 4.60. The summed E-state index contributed by atoms with van der Waals surface area (Å²) >= 11 is 5.93. The Hall–Kier alpha value is -2.60. The zero-order valence-electron chi connectivity index (χ0n) is 10.2. The molecule has 2 aromatic heterocycles. The van der Waals surface area contributed by atoms with Crippen LogP contribution in [0.4, 0.5) is 11.5 Å². The van der Waals surface area contributed by atoms with Gasteiger partial charge in [-0.15, -0.1) is 0 Å². The van der Waals surface area contributed by atoms with Gasteiger partial charge in [0.25, 0.3) is 5.91 Å². The maximum atomic E-state index is 11.2. The molecule has 0 radical (unpaired) electrons. The van der Waals surface area contributed by atoms with Gasteiger partial charge < -0.3 is 16.0 Å². The molecule has 0 saturated heterocycles. The number of hydrogen-bond acceptors (Lipinski definition) is 4. The van der Waals surface area contributed by atoms with Crippen molar-refractivity contribution >= 4 is 40.0 Å². The van der Waals surface area contributed by atoms with Gasteiger partial charge in [0.1, 0.15) is 23.5 Å². The Morgan fingerprint density at radius 1 is 1.30 bits per heavy atom. The molecule has 0 saturated carbocycles. The number of amides is 1. The third kappa shape index (κ3) is 2.28. The number of nitrogens with two attached hydrogens (primary N) is 1. The monoisotopic (exact) mass is 287 g/mol. The standard InChI is InChI=1S/C13H10ClN5O/c14-7-2-1-3-8(4-7)18-12-9-5-10(11(15)20)19-13(9)17-6-16-12/h1-6H,(H2,15,20)(H2,16,17,18,19). The topological polar surface area (TPSA) is 96.7 Å². The first-order valence-corrected chi connectivity index (χ1v) is 6.17. The van der Waals surface area contributed by atoms with Gasteiger partial charge >= 0.3 is 0 Å². The van der Waals surface area contributed by atoms with Crippen LogP contribution in [-0.2, 0) is 0 Å². The van der Waals surface area contributed by atoms with Crippen LogP contribution in [0, 0.1) is 0 Å². The summed E-state index contributed by atoms with van der Waals surface area (Å²) < 4.78 is 0. The zero-order chi connectivity index (χ0) is 14.1. The quantitative estimate of drug-likeness (QED) is 0.689. The fourth-order valence-corrected chi connectivity index (χ4v) is 2.07. The van der Waals surface area contributed by atoms with Gasteiger partial charge in [0.05, 0.1) is 5.39 Å². The molecule has 0 atom stereocenters. The largest absolute Gasteiger partial charge is 0.364 e. The summed E-state index contributed by atoms with van der Waals surface area (Å²) in [5, 5.41) is 4.43. The molecule has 0 aliphatic rings. The molecule has 0 fully saturated rings. The van der Waals surface area contributed by atoms with Crippen molar-refractivity contribution in [2.24, 2.45) is 5.73 Å². The average Bonchev–Trinajstić information content (AvgIpc) is 2.84. The van der Waals surface area contributed by atoms with Crippen molar-refractivity contribution in [1.82, 2.24) is 15.0 Å². The SMILES string of the molecule is NC(=O)c1cc2c(Nc3cccc(Cl)c3)ncnc2[nH]1. The van der Waals surface area contributed by atoms with Crippen molar-refractivity contribution in [2.75, 3.05) is 5.32 Å². The average molecular weight is 288 g/mol. The lowest BCUT2D eigenvalue weighted by atomic mass is 10.3. The fraction of sp³-hybridized carbons (Fsp3) is 0. The van der Waals surface area contributed by atoms with Crippen LogP contribution in [0.3, 0.4) is 0 Å². The van der Waals surface area contributed by atoms with E-state index in [4.69, 9.17) is 17.3 Å². The van der Waals surface area contributed by atoms with E-state index in [2.05, 4.69) is 20.3 Å². The highest BCUT2D eigenvalue weighted by Crippen LogP contribution is 2.24. The molecular formula is C13H10ClN5O. The molecule has 20 heavy (non-hydrogen) atoms. The minimum absolute atomic E-state index is 0.287. The van der Waals surface area contributed by atoms with Gasteiger partial charge in [-0.3, -0.25) is 4.79 Å². The van der Waals surface area contributed by atoms with Crippen molar-refractivity contribution in [3.8, 4) is 0 Å². The summed E-state index contributed by atoms with van der Waals surface area (Å²) in [6.07, 6.45) is 1.40. The number of halogens is 1. The number of H-pyrrole nitrogens is 1. The third-order valence-corrected chi connectivity index (χ3v) is 3.01. The van der Waals surface area contributed by atoms with E-state index in [0.29, 0.717) is 21.9 Å². The van der Waals surface area contributed by atoms with Crippen LogP contribution in [0.1, 0.15) is 10.5 Å². The molecule has 0 aliphatic carbocycles. The molecule has 100 valence electrons. The number of nitrogens with one attached hydrogen (secondary N) is 2. The third-order valence-electron chi connectivity index (χ3n) is 2.78. The predicted molar refractivity (Wildman–Crippen MR) is 77.1 cm³/mol. The Morgan fingerprint density at radius 2 is 2.15 bits per heavy atom. The van der Waals surface area contributed by atoms with E-state index in [1.54, 1.807) is 18.2 Å². The molecule has 7 heteroatoms. The second kappa shape index (κ2) is 4.82. The van der Waals surface area contributed by atoms with Crippen LogP contribution in [-0.4, -0.2) is 20.9 Å². The summed E-state index contributed by atoms with van der Waals surface area (Å²) in [4.78, 5) is 22.3. The van der Waals surface area contributed by atoms with Crippen LogP contribution in [0.2, 0.25) is 5.02 Å². The number of benzene rings is 1. The van der Waals surface area contributed by atoms with Gasteiger partial charge in [-0.2, -0.15) is 0 Å². The van der Waals surface area contributed by atoms with Crippen LogP contribution in [0.5, 0.6) is 0 Å². The minimum Gasteiger partial charge on any atom is -0.364 e. The lowest BCUT2D eigenvalue weighted by Crippen LogP contribution is -2.10. The van der Waals surface area contributed by atoms with Crippen LogP contribution in [0.15, 0.2) is 36.7 Å². The van der Waals surface area contributed by atoms with Gasteiger partial charge in [0.2, 0.25) is 0 Å². The Bertz CT molecular complexity index is 798. The summed E-state index contributed by atoms with van der Waals surface area (Å²) in [7, 11) is 0. The maximum Gasteiger partial charge on any atom is 0.265 e. The maximum absolute atomic E-state index is 11.2. The first-order chi connectivity index (χ1) is 9.63. The Balaban J connectivity index is 2.05. The number of hydrogen-bond donors (Lipinski definition) is 3. The summed E-state index contributed by atoms with van der Waals surface area (Å²) in [6.45, 7) is 0. The normalized spacial score (nSPS) is 10.7. The molecule has 1 amide bonds. The van der Waals surface area contributed by atoms with Gasteiger partial charge in [-0.1, -0.05) is 17.7 Å². The molecule has 0 spiro atoms. The number of fused-ring (bicyclic) bond motifs is 1. The van der Waals surface area contributed by atoms with Gasteiger partial charge in [-0.25, -0.2) is 9.97 Å².